The second-order valence-corrected chi connectivity index (χ2v) is 5.40. The summed E-state index contributed by atoms with van der Waals surface area (Å²) in [6.07, 6.45) is 0.562. The lowest BCUT2D eigenvalue weighted by Gasteiger charge is -2.18. The molecule has 2 aromatic rings. The average molecular weight is 341 g/mol. The molecule has 20 heavy (non-hydrogen) atoms. The van der Waals surface area contributed by atoms with Gasteiger partial charge in [-0.2, -0.15) is 5.10 Å². The Labute approximate surface area is 126 Å². The van der Waals surface area contributed by atoms with Gasteiger partial charge in [-0.15, -0.1) is 0 Å². The molecular weight excluding hydrogens is 323 g/mol. The van der Waals surface area contributed by atoms with Gasteiger partial charge >= 0.3 is 0 Å². The smallest absolute Gasteiger partial charge is 0.128 e. The maximum Gasteiger partial charge on any atom is 0.128 e. The van der Waals surface area contributed by atoms with Crippen molar-refractivity contribution in [2.75, 3.05) is 0 Å². The maximum absolute atomic E-state index is 13.9. The van der Waals surface area contributed by atoms with Crippen LogP contribution in [0.5, 0.6) is 0 Å². The second-order valence-electron chi connectivity index (χ2n) is 4.61. The zero-order valence-electron chi connectivity index (χ0n) is 11.5. The van der Waals surface area contributed by atoms with Crippen molar-refractivity contribution in [1.29, 1.82) is 0 Å². The van der Waals surface area contributed by atoms with Gasteiger partial charge in [0.1, 0.15) is 5.82 Å². The van der Waals surface area contributed by atoms with Crippen molar-refractivity contribution < 1.29 is 4.39 Å². The molecule has 4 nitrogen and oxygen atoms in total. The highest BCUT2D eigenvalue weighted by Crippen LogP contribution is 2.27. The summed E-state index contributed by atoms with van der Waals surface area (Å²) >= 11 is 3.54. The predicted octanol–water partition coefficient (Wildman–Crippen LogP) is 2.86. The van der Waals surface area contributed by atoms with Gasteiger partial charge in [0.15, 0.2) is 0 Å². The van der Waals surface area contributed by atoms with Gasteiger partial charge in [-0.3, -0.25) is 16.0 Å². The number of nitrogens with two attached hydrogens (primary N) is 1. The lowest BCUT2D eigenvalue weighted by Crippen LogP contribution is -2.31. The molecule has 3 N–H and O–H groups in total. The summed E-state index contributed by atoms with van der Waals surface area (Å²) in [5.41, 5.74) is 5.18. The molecule has 0 aliphatic carbocycles. The molecule has 0 saturated carbocycles. The summed E-state index contributed by atoms with van der Waals surface area (Å²) in [6.45, 7) is 4.72. The van der Waals surface area contributed by atoms with E-state index >= 15 is 0 Å². The van der Waals surface area contributed by atoms with Gasteiger partial charge in [0.25, 0.3) is 0 Å². The molecule has 0 spiro atoms. The monoisotopic (exact) mass is 340 g/mol. The normalized spacial score (nSPS) is 12.7. The van der Waals surface area contributed by atoms with Gasteiger partial charge in [-0.05, 0) is 35.8 Å². The molecular formula is C14H18BrFN4. The van der Waals surface area contributed by atoms with Crippen molar-refractivity contribution in [2.45, 2.75) is 32.9 Å². The third-order valence-corrected chi connectivity index (χ3v) is 4.36. The van der Waals surface area contributed by atoms with E-state index in [1.54, 1.807) is 18.2 Å². The Hall–Kier alpha value is -1.24. The van der Waals surface area contributed by atoms with Crippen LogP contribution in [0.2, 0.25) is 0 Å². The Morgan fingerprint density at radius 3 is 2.75 bits per heavy atom. The summed E-state index contributed by atoms with van der Waals surface area (Å²) in [6, 6.07) is 6.36. The van der Waals surface area contributed by atoms with Crippen molar-refractivity contribution in [2.24, 2.45) is 5.84 Å². The molecule has 0 amide bonds. The van der Waals surface area contributed by atoms with Crippen LogP contribution in [0.15, 0.2) is 28.7 Å². The van der Waals surface area contributed by atoms with Gasteiger partial charge in [0, 0.05) is 18.5 Å². The fourth-order valence-corrected chi connectivity index (χ4v) is 2.72. The quantitative estimate of drug-likeness (QED) is 0.650. The van der Waals surface area contributed by atoms with Crippen LogP contribution in [0.3, 0.4) is 0 Å². The third-order valence-electron chi connectivity index (χ3n) is 3.33. The highest BCUT2D eigenvalue weighted by Gasteiger charge is 2.20. The number of hydrazine groups is 1. The molecule has 6 heteroatoms. The van der Waals surface area contributed by atoms with Gasteiger partial charge in [0.05, 0.1) is 21.9 Å². The minimum absolute atomic E-state index is 0.258. The molecule has 0 aliphatic heterocycles. The number of hydrogen-bond donors (Lipinski definition) is 2. The maximum atomic E-state index is 13.9. The first-order valence-electron chi connectivity index (χ1n) is 6.50. The van der Waals surface area contributed by atoms with Crippen LogP contribution in [0.1, 0.15) is 29.9 Å². The topological polar surface area (TPSA) is 55.9 Å². The number of aryl methyl sites for hydroxylation is 2. The Morgan fingerprint density at radius 1 is 1.45 bits per heavy atom. The number of halogens is 2. The van der Waals surface area contributed by atoms with E-state index in [-0.39, 0.29) is 11.9 Å². The summed E-state index contributed by atoms with van der Waals surface area (Å²) in [5, 5.41) is 4.44. The van der Waals surface area contributed by atoms with Crippen LogP contribution in [0.4, 0.5) is 4.39 Å². The van der Waals surface area contributed by atoms with Gasteiger partial charge < -0.3 is 0 Å². The standard InChI is InChI=1S/C14H18BrFN4/c1-3-20-13(14(15)9(2)19-20)8-12(18-17)10-6-4-5-7-11(10)16/h4-7,12,18H,3,8,17H2,1-2H3. The van der Waals surface area contributed by atoms with Crippen molar-refractivity contribution in [1.82, 2.24) is 15.2 Å². The summed E-state index contributed by atoms with van der Waals surface area (Å²) in [4.78, 5) is 0. The first kappa shape index (κ1) is 15.2. The van der Waals surface area contributed by atoms with Crippen LogP contribution in [0, 0.1) is 12.7 Å². The zero-order chi connectivity index (χ0) is 14.7. The van der Waals surface area contributed by atoms with Gasteiger partial charge in [-0.25, -0.2) is 4.39 Å². The Bertz CT molecular complexity index is 597. The predicted molar refractivity (Wildman–Crippen MR) is 80.5 cm³/mol. The Morgan fingerprint density at radius 2 is 2.15 bits per heavy atom. The molecule has 0 bridgehead atoms. The number of rotatable bonds is 5. The van der Waals surface area contributed by atoms with E-state index in [4.69, 9.17) is 5.84 Å². The van der Waals surface area contributed by atoms with Crippen molar-refractivity contribution in [3.63, 3.8) is 0 Å². The van der Waals surface area contributed by atoms with Crippen LogP contribution in [-0.2, 0) is 13.0 Å². The molecule has 1 unspecified atom stereocenters. The van der Waals surface area contributed by atoms with Crippen molar-refractivity contribution in [3.8, 4) is 0 Å². The van der Waals surface area contributed by atoms with Crippen LogP contribution in [-0.4, -0.2) is 9.78 Å². The molecule has 1 atom stereocenters. The molecule has 0 radical (unpaired) electrons. The van der Waals surface area contributed by atoms with E-state index in [0.717, 1.165) is 22.4 Å². The molecule has 1 aromatic heterocycles. The molecule has 0 saturated heterocycles. The zero-order valence-corrected chi connectivity index (χ0v) is 13.1. The number of nitrogens with zero attached hydrogens (tertiary/aromatic N) is 2. The first-order valence-corrected chi connectivity index (χ1v) is 7.30. The third kappa shape index (κ3) is 2.92. The molecule has 1 aromatic carbocycles. The number of benzene rings is 1. The van der Waals surface area contributed by atoms with Gasteiger partial charge in [0.2, 0.25) is 0 Å². The second kappa shape index (κ2) is 6.47. The minimum Gasteiger partial charge on any atom is -0.271 e. The van der Waals surface area contributed by atoms with Crippen molar-refractivity contribution >= 4 is 15.9 Å². The fourth-order valence-electron chi connectivity index (χ4n) is 2.27. The SMILES string of the molecule is CCn1nc(C)c(Br)c1CC(NN)c1ccccc1F. The van der Waals surface area contributed by atoms with E-state index in [9.17, 15) is 4.39 Å². The largest absolute Gasteiger partial charge is 0.271 e. The Balaban J connectivity index is 2.34. The number of nitrogens with one attached hydrogen (secondary N) is 1. The van der Waals surface area contributed by atoms with E-state index in [1.165, 1.54) is 6.07 Å². The van der Waals surface area contributed by atoms with Gasteiger partial charge in [-0.1, -0.05) is 18.2 Å². The van der Waals surface area contributed by atoms with Crippen LogP contribution < -0.4 is 11.3 Å². The molecule has 0 fully saturated rings. The van der Waals surface area contributed by atoms with Crippen molar-refractivity contribution in [3.05, 3.63) is 51.5 Å². The number of hydrogen-bond acceptors (Lipinski definition) is 3. The van der Waals surface area contributed by atoms with E-state index < -0.39 is 0 Å². The summed E-state index contributed by atoms with van der Waals surface area (Å²) < 4.78 is 16.7. The Kier molecular flexibility index (Phi) is 4.91. The minimum atomic E-state index is -0.297. The van der Waals surface area contributed by atoms with E-state index in [1.807, 2.05) is 18.5 Å². The molecule has 0 aliphatic rings. The van der Waals surface area contributed by atoms with Crippen LogP contribution >= 0.6 is 15.9 Å². The fraction of sp³-hybridized carbons (Fsp3) is 0.357. The van der Waals surface area contributed by atoms with E-state index in [2.05, 4.69) is 26.5 Å². The summed E-state index contributed by atoms with van der Waals surface area (Å²) in [5.74, 6) is 5.35. The lowest BCUT2D eigenvalue weighted by molar-refractivity contribution is 0.489. The molecule has 1 heterocycles. The highest BCUT2D eigenvalue weighted by molar-refractivity contribution is 9.10. The highest BCUT2D eigenvalue weighted by atomic mass is 79.9. The molecule has 2 rings (SSSR count). The first-order chi connectivity index (χ1) is 9.58. The summed E-state index contributed by atoms with van der Waals surface area (Å²) in [7, 11) is 0. The number of aromatic nitrogens is 2. The lowest BCUT2D eigenvalue weighted by atomic mass is 10.0. The average Bonchev–Trinajstić information content (AvgIpc) is 2.73. The van der Waals surface area contributed by atoms with E-state index in [0.29, 0.717) is 12.0 Å². The molecule has 108 valence electrons. The van der Waals surface area contributed by atoms with Crippen LogP contribution in [0.25, 0.3) is 0 Å².